The zero-order valence-electron chi connectivity index (χ0n) is 16.3. The lowest BCUT2D eigenvalue weighted by atomic mass is 10.1. The second kappa shape index (κ2) is 10.5. The van der Waals surface area contributed by atoms with Gasteiger partial charge in [0, 0.05) is 0 Å². The molecule has 0 fully saturated rings. The molecule has 7 heteroatoms. The summed E-state index contributed by atoms with van der Waals surface area (Å²) in [5.41, 5.74) is 6.58. The third-order valence-electron chi connectivity index (χ3n) is 3.96. The van der Waals surface area contributed by atoms with Gasteiger partial charge < -0.3 is 20.5 Å². The lowest BCUT2D eigenvalue weighted by Crippen LogP contribution is -2.27. The van der Waals surface area contributed by atoms with Gasteiger partial charge in [0.25, 0.3) is 11.8 Å². The first kappa shape index (κ1) is 21.5. The molecule has 1 atom stereocenters. The lowest BCUT2D eigenvalue weighted by Gasteiger charge is -2.14. The fourth-order valence-electron chi connectivity index (χ4n) is 2.57. The van der Waals surface area contributed by atoms with Crippen molar-refractivity contribution >= 4 is 17.9 Å². The number of hydrogen-bond donors (Lipinski definition) is 2. The molecule has 0 saturated carbocycles. The lowest BCUT2D eigenvalue weighted by molar-refractivity contribution is -0.120. The summed E-state index contributed by atoms with van der Waals surface area (Å²) in [4.78, 5) is 23.4. The number of benzene rings is 2. The van der Waals surface area contributed by atoms with Crippen LogP contribution in [-0.2, 0) is 9.59 Å². The molecule has 0 aliphatic heterocycles. The smallest absolute Gasteiger partial charge is 0.262 e. The van der Waals surface area contributed by atoms with Crippen molar-refractivity contribution in [1.82, 2.24) is 5.32 Å². The van der Waals surface area contributed by atoms with Crippen LogP contribution in [0.2, 0.25) is 0 Å². The number of nitriles is 1. The molecule has 0 aromatic heterocycles. The molecule has 0 radical (unpaired) electrons. The van der Waals surface area contributed by atoms with Crippen LogP contribution in [0.15, 0.2) is 54.1 Å². The molecule has 29 heavy (non-hydrogen) atoms. The molecule has 3 N–H and O–H groups in total. The summed E-state index contributed by atoms with van der Waals surface area (Å²) >= 11 is 0. The number of primary amides is 1. The van der Waals surface area contributed by atoms with Crippen LogP contribution in [0.1, 0.15) is 31.0 Å². The summed E-state index contributed by atoms with van der Waals surface area (Å²) in [6, 6.07) is 16.0. The molecule has 2 aromatic rings. The summed E-state index contributed by atoms with van der Waals surface area (Å²) in [5, 5.41) is 12.2. The van der Waals surface area contributed by atoms with Crippen LogP contribution in [0.4, 0.5) is 0 Å². The normalized spacial score (nSPS) is 11.8. The fraction of sp³-hybridized carbons (Fsp3) is 0.227. The van der Waals surface area contributed by atoms with E-state index in [0.717, 1.165) is 5.56 Å². The Bertz CT molecular complexity index is 933. The Hall–Kier alpha value is -3.79. The van der Waals surface area contributed by atoms with Crippen molar-refractivity contribution in [2.24, 2.45) is 5.73 Å². The maximum absolute atomic E-state index is 12.5. The Labute approximate surface area is 169 Å². The van der Waals surface area contributed by atoms with E-state index in [2.05, 4.69) is 5.32 Å². The van der Waals surface area contributed by atoms with Crippen LogP contribution >= 0.6 is 0 Å². The van der Waals surface area contributed by atoms with E-state index in [0.29, 0.717) is 23.7 Å². The van der Waals surface area contributed by atoms with Gasteiger partial charge in [-0.2, -0.15) is 5.26 Å². The highest BCUT2D eigenvalue weighted by molar-refractivity contribution is 6.01. The van der Waals surface area contributed by atoms with Crippen LogP contribution in [-0.4, -0.2) is 25.0 Å². The van der Waals surface area contributed by atoms with E-state index in [1.165, 1.54) is 6.08 Å². The van der Waals surface area contributed by atoms with Gasteiger partial charge in [0.2, 0.25) is 0 Å². The van der Waals surface area contributed by atoms with Crippen LogP contribution < -0.4 is 20.5 Å². The number of nitrogens with two attached hydrogens (primary N) is 1. The van der Waals surface area contributed by atoms with E-state index >= 15 is 0 Å². The van der Waals surface area contributed by atoms with Gasteiger partial charge in [-0.25, -0.2) is 0 Å². The highest BCUT2D eigenvalue weighted by atomic mass is 16.5. The molecule has 7 nitrogen and oxygen atoms in total. The SMILES string of the molecule is CCOc1cc(C=C(C#N)C(=O)NC(C)c2ccccc2)ccc1OCC(N)=O. The maximum atomic E-state index is 12.5. The molecule has 1 unspecified atom stereocenters. The Kier molecular flexibility index (Phi) is 7.80. The largest absolute Gasteiger partial charge is 0.490 e. The molecule has 0 spiro atoms. The van der Waals surface area contributed by atoms with Crippen LogP contribution in [0.5, 0.6) is 11.5 Å². The number of ether oxygens (including phenoxy) is 2. The summed E-state index contributed by atoms with van der Waals surface area (Å²) in [6.07, 6.45) is 1.47. The first-order valence-corrected chi connectivity index (χ1v) is 9.10. The predicted molar refractivity (Wildman–Crippen MR) is 109 cm³/mol. The minimum atomic E-state index is -0.604. The molecule has 0 bridgehead atoms. The Balaban J connectivity index is 2.20. The minimum Gasteiger partial charge on any atom is -0.490 e. The fourth-order valence-corrected chi connectivity index (χ4v) is 2.57. The first-order chi connectivity index (χ1) is 13.9. The average molecular weight is 393 g/mol. The molecule has 2 aromatic carbocycles. The van der Waals surface area contributed by atoms with Gasteiger partial charge in [0.15, 0.2) is 18.1 Å². The Morgan fingerprint density at radius 3 is 2.52 bits per heavy atom. The van der Waals surface area contributed by atoms with Gasteiger partial charge in [-0.3, -0.25) is 9.59 Å². The number of nitrogens with one attached hydrogen (secondary N) is 1. The van der Waals surface area contributed by atoms with Gasteiger partial charge in [-0.15, -0.1) is 0 Å². The topological polar surface area (TPSA) is 114 Å². The second-order valence-corrected chi connectivity index (χ2v) is 6.17. The highest BCUT2D eigenvalue weighted by Crippen LogP contribution is 2.29. The highest BCUT2D eigenvalue weighted by Gasteiger charge is 2.14. The Morgan fingerprint density at radius 1 is 1.17 bits per heavy atom. The van der Waals surface area contributed by atoms with E-state index in [-0.39, 0.29) is 18.2 Å². The number of rotatable bonds is 9. The number of carbonyl (C=O) groups excluding carboxylic acids is 2. The standard InChI is InChI=1S/C22H23N3O4/c1-3-28-20-12-16(9-10-19(20)29-14-21(24)26)11-18(13-23)22(27)25-15(2)17-7-5-4-6-8-17/h4-12,15H,3,14H2,1-2H3,(H2,24,26)(H,25,27). The van der Waals surface area contributed by atoms with Crippen molar-refractivity contribution < 1.29 is 19.1 Å². The van der Waals surface area contributed by atoms with Gasteiger partial charge in [-0.1, -0.05) is 36.4 Å². The average Bonchev–Trinajstić information content (AvgIpc) is 2.72. The van der Waals surface area contributed by atoms with Crippen LogP contribution in [0.25, 0.3) is 6.08 Å². The third kappa shape index (κ3) is 6.40. The number of nitrogens with zero attached hydrogens (tertiary/aromatic N) is 1. The zero-order valence-corrected chi connectivity index (χ0v) is 16.3. The van der Waals surface area contributed by atoms with E-state index < -0.39 is 11.8 Å². The summed E-state index contributed by atoms with van der Waals surface area (Å²) in [7, 11) is 0. The maximum Gasteiger partial charge on any atom is 0.262 e. The van der Waals surface area contributed by atoms with Gasteiger partial charge in [-0.05, 0) is 43.2 Å². The summed E-state index contributed by atoms with van der Waals surface area (Å²) < 4.78 is 10.8. The second-order valence-electron chi connectivity index (χ2n) is 6.17. The van der Waals surface area contributed by atoms with Crippen molar-refractivity contribution in [3.8, 4) is 17.6 Å². The van der Waals surface area contributed by atoms with Crippen LogP contribution in [0.3, 0.4) is 0 Å². The van der Waals surface area contributed by atoms with Gasteiger partial charge >= 0.3 is 0 Å². The molecular weight excluding hydrogens is 370 g/mol. The van der Waals surface area contributed by atoms with Crippen LogP contribution in [0, 0.1) is 11.3 Å². The molecule has 2 amide bonds. The van der Waals surface area contributed by atoms with Gasteiger partial charge in [0.05, 0.1) is 12.6 Å². The zero-order chi connectivity index (χ0) is 21.2. The summed E-state index contributed by atoms with van der Waals surface area (Å²) in [5.74, 6) is -0.343. The van der Waals surface area contributed by atoms with E-state index in [9.17, 15) is 14.9 Å². The molecule has 150 valence electrons. The van der Waals surface area contributed by atoms with Crippen molar-refractivity contribution in [3.63, 3.8) is 0 Å². The predicted octanol–water partition coefficient (Wildman–Crippen LogP) is 2.73. The number of amides is 2. The minimum absolute atomic E-state index is 0.0407. The molecule has 0 saturated heterocycles. The molecule has 2 rings (SSSR count). The first-order valence-electron chi connectivity index (χ1n) is 9.10. The number of carbonyl (C=O) groups is 2. The van der Waals surface area contributed by atoms with Crippen molar-refractivity contribution in [2.45, 2.75) is 19.9 Å². The van der Waals surface area contributed by atoms with E-state index in [1.807, 2.05) is 43.3 Å². The molecule has 0 aliphatic rings. The van der Waals surface area contributed by atoms with Crippen molar-refractivity contribution in [1.29, 1.82) is 5.26 Å². The van der Waals surface area contributed by atoms with Crippen molar-refractivity contribution in [2.75, 3.05) is 13.2 Å². The monoisotopic (exact) mass is 393 g/mol. The quantitative estimate of drug-likeness (QED) is 0.502. The third-order valence-corrected chi connectivity index (χ3v) is 3.96. The molecule has 0 heterocycles. The van der Waals surface area contributed by atoms with E-state index in [1.54, 1.807) is 25.1 Å². The molecular formula is C22H23N3O4. The Morgan fingerprint density at radius 2 is 1.90 bits per heavy atom. The van der Waals surface area contributed by atoms with Gasteiger partial charge in [0.1, 0.15) is 11.6 Å². The summed E-state index contributed by atoms with van der Waals surface area (Å²) in [6.45, 7) is 3.75. The molecule has 0 aliphatic carbocycles. The number of hydrogen-bond acceptors (Lipinski definition) is 5. The van der Waals surface area contributed by atoms with Crippen molar-refractivity contribution in [3.05, 3.63) is 65.2 Å². The van der Waals surface area contributed by atoms with E-state index in [4.69, 9.17) is 15.2 Å².